The fourth-order valence-electron chi connectivity index (χ4n) is 8.20. The second-order valence-electron chi connectivity index (χ2n) is 13.9. The van der Waals surface area contributed by atoms with Gasteiger partial charge in [-0.25, -0.2) is 15.0 Å². The largest absolute Gasteiger partial charge is 0.456 e. The zero-order chi connectivity index (χ0) is 36.0. The van der Waals surface area contributed by atoms with Crippen molar-refractivity contribution in [2.45, 2.75) is 0 Å². The zero-order valence-electron chi connectivity index (χ0n) is 29.2. The first-order valence-corrected chi connectivity index (χ1v) is 19.1. The third-order valence-corrected chi connectivity index (χ3v) is 11.9. The van der Waals surface area contributed by atoms with Gasteiger partial charge in [-0.05, 0) is 64.4 Å². The van der Waals surface area contributed by atoms with Crippen molar-refractivity contribution in [3.63, 3.8) is 0 Å². The molecule has 4 heterocycles. The van der Waals surface area contributed by atoms with E-state index >= 15 is 0 Å². The van der Waals surface area contributed by atoms with Gasteiger partial charge in [0.05, 0.1) is 0 Å². The molecule has 4 aromatic heterocycles. The molecule has 256 valence electrons. The Balaban J connectivity index is 1.04. The Morgan fingerprint density at radius 1 is 0.345 bits per heavy atom. The van der Waals surface area contributed by atoms with Crippen LogP contribution in [0.1, 0.15) is 0 Å². The van der Waals surface area contributed by atoms with Crippen LogP contribution in [-0.2, 0) is 0 Å². The van der Waals surface area contributed by atoms with Gasteiger partial charge >= 0.3 is 0 Å². The van der Waals surface area contributed by atoms with Gasteiger partial charge in [-0.1, -0.05) is 121 Å². The number of benzene rings is 8. The van der Waals surface area contributed by atoms with Crippen LogP contribution < -0.4 is 0 Å². The number of aromatic nitrogens is 3. The second-order valence-corrected chi connectivity index (χ2v) is 15.0. The van der Waals surface area contributed by atoms with E-state index in [2.05, 4.69) is 121 Å². The number of hydrogen-bond donors (Lipinski definition) is 0. The molecule has 0 aliphatic heterocycles. The molecule has 0 saturated carbocycles. The van der Waals surface area contributed by atoms with E-state index in [1.165, 1.54) is 25.6 Å². The quantitative estimate of drug-likeness (QED) is 0.181. The molecule has 0 bridgehead atoms. The van der Waals surface area contributed by atoms with E-state index in [9.17, 15) is 0 Å². The Morgan fingerprint density at radius 3 is 1.67 bits per heavy atom. The molecule has 0 spiro atoms. The molecule has 8 aromatic carbocycles. The van der Waals surface area contributed by atoms with Crippen LogP contribution in [0.2, 0.25) is 0 Å². The maximum atomic E-state index is 6.29. The highest BCUT2D eigenvalue weighted by atomic mass is 32.1. The van der Waals surface area contributed by atoms with Crippen LogP contribution in [0.3, 0.4) is 0 Å². The minimum atomic E-state index is 0.601. The van der Waals surface area contributed by atoms with E-state index in [1.54, 1.807) is 11.3 Å². The summed E-state index contributed by atoms with van der Waals surface area (Å²) in [7, 11) is 0. The summed E-state index contributed by atoms with van der Waals surface area (Å²) in [4.78, 5) is 15.7. The van der Waals surface area contributed by atoms with Crippen molar-refractivity contribution >= 4 is 86.2 Å². The average molecular weight is 722 g/mol. The number of nitrogens with zero attached hydrogens (tertiary/aromatic N) is 3. The number of furan rings is 2. The summed E-state index contributed by atoms with van der Waals surface area (Å²) in [5.74, 6) is 1.84. The summed E-state index contributed by atoms with van der Waals surface area (Å²) < 4.78 is 14.9. The first kappa shape index (κ1) is 30.3. The average Bonchev–Trinajstić information content (AvgIpc) is 3.95. The fraction of sp³-hybridized carbons (Fsp3) is 0. The Kier molecular flexibility index (Phi) is 6.44. The Labute approximate surface area is 317 Å². The van der Waals surface area contributed by atoms with Crippen molar-refractivity contribution in [1.29, 1.82) is 0 Å². The molecular weight excluding hydrogens is 695 g/mol. The number of para-hydroxylation sites is 2. The van der Waals surface area contributed by atoms with Crippen LogP contribution in [0.25, 0.3) is 120 Å². The lowest BCUT2D eigenvalue weighted by Gasteiger charge is -2.11. The normalized spacial score (nSPS) is 12.0. The summed E-state index contributed by atoms with van der Waals surface area (Å²) in [6, 6.07) is 56.8. The summed E-state index contributed by atoms with van der Waals surface area (Å²) in [6.07, 6.45) is 0. The molecule has 0 saturated heterocycles. The third-order valence-electron chi connectivity index (χ3n) is 10.8. The Hall–Kier alpha value is -7.15. The second kappa shape index (κ2) is 11.7. The summed E-state index contributed by atoms with van der Waals surface area (Å²) in [5.41, 5.74) is 8.45. The van der Waals surface area contributed by atoms with Crippen LogP contribution in [0, 0.1) is 0 Å². The van der Waals surface area contributed by atoms with E-state index in [0.29, 0.717) is 17.5 Å². The van der Waals surface area contributed by atoms with Crippen molar-refractivity contribution in [2.24, 2.45) is 0 Å². The molecule has 0 unspecified atom stereocenters. The highest BCUT2D eigenvalue weighted by Crippen LogP contribution is 2.42. The molecule has 0 radical (unpaired) electrons. The number of thiophene rings is 1. The maximum absolute atomic E-state index is 6.29. The fourth-order valence-corrected chi connectivity index (χ4v) is 9.33. The minimum Gasteiger partial charge on any atom is -0.456 e. The Morgan fingerprint density at radius 2 is 0.891 bits per heavy atom. The van der Waals surface area contributed by atoms with Crippen molar-refractivity contribution < 1.29 is 8.83 Å². The van der Waals surface area contributed by atoms with E-state index in [4.69, 9.17) is 23.8 Å². The molecule has 0 N–H and O–H groups in total. The first-order valence-electron chi connectivity index (χ1n) is 18.3. The van der Waals surface area contributed by atoms with Gasteiger partial charge in [0.1, 0.15) is 22.3 Å². The van der Waals surface area contributed by atoms with Crippen LogP contribution in [-0.4, -0.2) is 15.0 Å². The molecule has 0 amide bonds. The van der Waals surface area contributed by atoms with Gasteiger partial charge < -0.3 is 8.83 Å². The highest BCUT2D eigenvalue weighted by molar-refractivity contribution is 7.25. The third kappa shape index (κ3) is 4.68. The molecule has 5 nitrogen and oxygen atoms in total. The van der Waals surface area contributed by atoms with Crippen LogP contribution in [0.15, 0.2) is 173 Å². The predicted molar refractivity (Wildman–Crippen MR) is 227 cm³/mol. The molecule has 12 aromatic rings. The topological polar surface area (TPSA) is 65.0 Å². The first-order chi connectivity index (χ1) is 27.2. The molecule has 0 aliphatic rings. The van der Waals surface area contributed by atoms with Gasteiger partial charge in [0.15, 0.2) is 17.5 Å². The minimum absolute atomic E-state index is 0.601. The SMILES string of the molecule is c1ccc2c(c1)oc1cccc(-c3nc(-c4ccc(-c5ccc6ccc7oc8ccccc8c7c6c5)cc4)nc(-c4cccc5sc6ccccc6c45)n3)c12. The van der Waals surface area contributed by atoms with Gasteiger partial charge in [0.2, 0.25) is 0 Å². The van der Waals surface area contributed by atoms with Crippen molar-refractivity contribution in [3.05, 3.63) is 164 Å². The summed E-state index contributed by atoms with van der Waals surface area (Å²) >= 11 is 1.79. The molecule has 0 fully saturated rings. The number of rotatable bonds is 4. The lowest BCUT2D eigenvalue weighted by atomic mass is 9.97. The van der Waals surface area contributed by atoms with E-state index in [-0.39, 0.29) is 0 Å². The van der Waals surface area contributed by atoms with E-state index in [1.807, 2.05) is 42.5 Å². The van der Waals surface area contributed by atoms with Gasteiger partial charge in [0.25, 0.3) is 0 Å². The van der Waals surface area contributed by atoms with E-state index < -0.39 is 0 Å². The highest BCUT2D eigenvalue weighted by Gasteiger charge is 2.20. The van der Waals surface area contributed by atoms with Crippen molar-refractivity contribution in [3.8, 4) is 45.3 Å². The lowest BCUT2D eigenvalue weighted by Crippen LogP contribution is -2.00. The summed E-state index contributed by atoms with van der Waals surface area (Å²) in [5, 5.41) is 9.00. The van der Waals surface area contributed by atoms with Gasteiger partial charge in [-0.2, -0.15) is 0 Å². The predicted octanol–water partition coefficient (Wildman–Crippen LogP) is 13.9. The maximum Gasteiger partial charge on any atom is 0.164 e. The molecule has 12 rings (SSSR count). The number of hydrogen-bond acceptors (Lipinski definition) is 6. The van der Waals surface area contributed by atoms with Gasteiger partial charge in [-0.3, -0.25) is 0 Å². The monoisotopic (exact) mass is 721 g/mol. The van der Waals surface area contributed by atoms with Crippen molar-refractivity contribution in [2.75, 3.05) is 0 Å². The zero-order valence-corrected chi connectivity index (χ0v) is 30.0. The molecule has 55 heavy (non-hydrogen) atoms. The van der Waals surface area contributed by atoms with E-state index in [0.717, 1.165) is 77.1 Å². The molecule has 0 atom stereocenters. The smallest absolute Gasteiger partial charge is 0.164 e. The summed E-state index contributed by atoms with van der Waals surface area (Å²) in [6.45, 7) is 0. The van der Waals surface area contributed by atoms with Crippen LogP contribution >= 0.6 is 11.3 Å². The molecule has 6 heteroatoms. The Bertz CT molecular complexity index is 3370. The van der Waals surface area contributed by atoms with Crippen molar-refractivity contribution in [1.82, 2.24) is 15.0 Å². The number of fused-ring (bicyclic) bond motifs is 11. The van der Waals surface area contributed by atoms with Crippen LogP contribution in [0.5, 0.6) is 0 Å². The van der Waals surface area contributed by atoms with Gasteiger partial charge in [0, 0.05) is 58.4 Å². The standard InChI is InChI=1S/C49H27N3O2S/c1-4-14-38-32(9-1)44-35(12-7-16-40(44)53-38)48-50-47(51-49(52-48)36-13-8-18-43-46(36)34-11-3-6-17-42(34)55-43)30-22-19-28(20-23-30)31-24-21-29-25-26-41-45(37(29)27-31)33-10-2-5-15-39(33)54-41/h1-27H. The molecular formula is C49H27N3O2S. The molecule has 0 aliphatic carbocycles. The lowest BCUT2D eigenvalue weighted by molar-refractivity contribution is 0.668. The van der Waals surface area contributed by atoms with Gasteiger partial charge in [-0.15, -0.1) is 11.3 Å². The van der Waals surface area contributed by atoms with Crippen LogP contribution in [0.4, 0.5) is 0 Å².